The summed E-state index contributed by atoms with van der Waals surface area (Å²) < 4.78 is 6.03. The van der Waals surface area contributed by atoms with Gasteiger partial charge in [-0.1, -0.05) is 37.1 Å². The smallest absolute Gasteiger partial charge is 0.155 e. The van der Waals surface area contributed by atoms with E-state index >= 15 is 0 Å². The Kier molecular flexibility index (Phi) is 8.92. The molecule has 4 nitrogen and oxygen atoms in total. The third-order valence-corrected chi connectivity index (χ3v) is 4.72. The van der Waals surface area contributed by atoms with Crippen LogP contribution in [0.15, 0.2) is 64.8 Å². The van der Waals surface area contributed by atoms with Crippen molar-refractivity contribution < 1.29 is 34.4 Å². The minimum Gasteiger partial charge on any atom is -0.512 e. The summed E-state index contributed by atoms with van der Waals surface area (Å²) in [4.78, 5) is 14.8. The zero-order valence-corrected chi connectivity index (χ0v) is 22.1. The third-order valence-electron chi connectivity index (χ3n) is 4.72. The summed E-state index contributed by atoms with van der Waals surface area (Å²) in [6.07, 6.45) is 1.17. The maximum atomic E-state index is 10.0. The minimum atomic E-state index is -0.125. The van der Waals surface area contributed by atoms with Crippen molar-refractivity contribution >= 4 is 16.9 Å². The molecule has 2 heterocycles. The summed E-state index contributed by atoms with van der Waals surface area (Å²) in [6, 6.07) is 20.1. The Morgan fingerprint density at radius 3 is 2.12 bits per heavy atom. The van der Waals surface area contributed by atoms with Gasteiger partial charge in [0, 0.05) is 37.8 Å². The van der Waals surface area contributed by atoms with Gasteiger partial charge in [-0.2, -0.15) is 0 Å². The first-order chi connectivity index (χ1) is 15.1. The van der Waals surface area contributed by atoms with E-state index in [9.17, 15) is 4.79 Å². The van der Waals surface area contributed by atoms with E-state index in [4.69, 9.17) is 14.5 Å². The molecule has 0 spiro atoms. The van der Waals surface area contributed by atoms with Crippen LogP contribution in [0.3, 0.4) is 0 Å². The van der Waals surface area contributed by atoms with Crippen molar-refractivity contribution in [2.45, 2.75) is 41.5 Å². The second kappa shape index (κ2) is 11.2. The number of nitrogens with zero attached hydrogens (tertiary/aromatic N) is 1. The Hall–Kier alpha value is -3.01. The summed E-state index contributed by atoms with van der Waals surface area (Å²) in [5, 5.41) is 8.36. The number of aliphatic hydroxyl groups is 1. The molecule has 0 saturated heterocycles. The molecule has 0 saturated carbocycles. The van der Waals surface area contributed by atoms with Gasteiger partial charge in [0.15, 0.2) is 11.4 Å². The van der Waals surface area contributed by atoms with Gasteiger partial charge in [0.1, 0.15) is 5.76 Å². The molecular weight excluding hydrogens is 591 g/mol. The molecule has 1 N–H and O–H groups in total. The zero-order valence-electron chi connectivity index (χ0n) is 19.7. The monoisotopic (exact) mass is 619 g/mol. The molecule has 4 aromatic rings. The summed E-state index contributed by atoms with van der Waals surface area (Å²) in [6.45, 7) is 11.2. The zero-order chi connectivity index (χ0) is 23.4. The van der Waals surface area contributed by atoms with Crippen molar-refractivity contribution in [1.82, 2.24) is 4.98 Å². The van der Waals surface area contributed by atoms with E-state index in [1.807, 2.05) is 18.2 Å². The van der Waals surface area contributed by atoms with E-state index < -0.39 is 0 Å². The number of aliphatic hydroxyl groups excluding tert-OH is 1. The van der Waals surface area contributed by atoms with Crippen LogP contribution in [0.4, 0.5) is 0 Å². The molecule has 33 heavy (non-hydrogen) atoms. The number of pyridine rings is 1. The number of aryl methyl sites for hydroxylation is 4. The summed E-state index contributed by atoms with van der Waals surface area (Å²) in [5.74, 6) is 0.795. The quantitative estimate of drug-likeness (QED) is 0.150. The van der Waals surface area contributed by atoms with Gasteiger partial charge in [-0.15, -0.1) is 34.9 Å². The molecule has 2 aromatic carbocycles. The molecule has 0 aliphatic rings. The van der Waals surface area contributed by atoms with E-state index in [0.717, 1.165) is 39.2 Å². The number of benzene rings is 2. The van der Waals surface area contributed by atoms with Gasteiger partial charge in [0.05, 0.1) is 11.3 Å². The van der Waals surface area contributed by atoms with Gasteiger partial charge in [0.25, 0.3) is 0 Å². The SMILES string of the molecule is CC(=O)/C=C(/C)O.Cc1[c-]c(-c2ccc3oc(-c4cc(C)cc(C)c4)cc3n2)cc(C)c1.[Ir]. The van der Waals surface area contributed by atoms with Crippen molar-refractivity contribution in [3.05, 3.63) is 88.7 Å². The maximum absolute atomic E-state index is 10.0. The Morgan fingerprint density at radius 2 is 1.58 bits per heavy atom. The largest absolute Gasteiger partial charge is 0.512 e. The number of carbonyl (C=O) groups excluding carboxylic acids is 1. The molecule has 0 bridgehead atoms. The van der Waals surface area contributed by atoms with Crippen molar-refractivity contribution in [3.63, 3.8) is 0 Å². The van der Waals surface area contributed by atoms with Gasteiger partial charge < -0.3 is 9.52 Å². The van der Waals surface area contributed by atoms with Crippen LogP contribution in [0.5, 0.6) is 0 Å². The van der Waals surface area contributed by atoms with Crippen LogP contribution in [-0.2, 0) is 24.9 Å². The van der Waals surface area contributed by atoms with E-state index in [1.165, 1.54) is 36.6 Å². The second-order valence-corrected chi connectivity index (χ2v) is 8.22. The fourth-order valence-corrected chi connectivity index (χ4v) is 3.66. The molecule has 0 aliphatic heterocycles. The van der Waals surface area contributed by atoms with Crippen molar-refractivity contribution in [2.75, 3.05) is 0 Å². The average Bonchev–Trinajstić information content (AvgIpc) is 3.09. The number of rotatable bonds is 3. The van der Waals surface area contributed by atoms with Crippen LogP contribution in [0.25, 0.3) is 33.7 Å². The Morgan fingerprint density at radius 1 is 0.939 bits per heavy atom. The molecule has 2 aromatic heterocycles. The number of hydrogen-bond donors (Lipinski definition) is 1. The molecule has 0 amide bonds. The van der Waals surface area contributed by atoms with E-state index in [1.54, 1.807) is 0 Å². The van der Waals surface area contributed by atoms with Crippen molar-refractivity contribution in [2.24, 2.45) is 0 Å². The van der Waals surface area contributed by atoms with Gasteiger partial charge >= 0.3 is 0 Å². The van der Waals surface area contributed by atoms with Gasteiger partial charge in [-0.25, -0.2) is 0 Å². The normalized spacial score (nSPS) is 10.9. The first-order valence-corrected chi connectivity index (χ1v) is 10.5. The third kappa shape index (κ3) is 7.24. The average molecular weight is 619 g/mol. The first kappa shape index (κ1) is 26.2. The van der Waals surface area contributed by atoms with E-state index in [-0.39, 0.29) is 31.6 Å². The summed E-state index contributed by atoms with van der Waals surface area (Å²) in [5.41, 5.74) is 9.52. The predicted molar refractivity (Wildman–Crippen MR) is 130 cm³/mol. The summed E-state index contributed by atoms with van der Waals surface area (Å²) in [7, 11) is 0. The van der Waals surface area contributed by atoms with E-state index in [0.29, 0.717) is 0 Å². The molecule has 0 unspecified atom stereocenters. The number of hydrogen-bond acceptors (Lipinski definition) is 4. The molecule has 4 rings (SSSR count). The molecule has 173 valence electrons. The molecule has 0 fully saturated rings. The van der Waals surface area contributed by atoms with Gasteiger partial charge in [-0.3, -0.25) is 9.78 Å². The van der Waals surface area contributed by atoms with Crippen LogP contribution in [-0.4, -0.2) is 15.9 Å². The Bertz CT molecular complexity index is 1220. The number of aromatic nitrogens is 1. The molecular formula is C28H28IrNO3-. The molecule has 5 heteroatoms. The molecule has 0 atom stereocenters. The fraction of sp³-hybridized carbons (Fsp3) is 0.214. The van der Waals surface area contributed by atoms with Crippen LogP contribution in [0, 0.1) is 33.8 Å². The summed E-state index contributed by atoms with van der Waals surface area (Å²) >= 11 is 0. The van der Waals surface area contributed by atoms with Crippen LogP contribution in [0.2, 0.25) is 0 Å². The fourth-order valence-electron chi connectivity index (χ4n) is 3.66. The maximum Gasteiger partial charge on any atom is 0.155 e. The Balaban J connectivity index is 0.000000423. The predicted octanol–water partition coefficient (Wildman–Crippen LogP) is 7.23. The van der Waals surface area contributed by atoms with Gasteiger partial charge in [0.2, 0.25) is 0 Å². The number of allylic oxidation sites excluding steroid dienone is 2. The Labute approximate surface area is 208 Å². The van der Waals surface area contributed by atoms with Gasteiger partial charge in [-0.05, 0) is 51.6 Å². The van der Waals surface area contributed by atoms with Crippen molar-refractivity contribution in [1.29, 1.82) is 0 Å². The van der Waals surface area contributed by atoms with Crippen LogP contribution in [0.1, 0.15) is 36.1 Å². The van der Waals surface area contributed by atoms with Crippen molar-refractivity contribution in [3.8, 4) is 22.6 Å². The van der Waals surface area contributed by atoms with E-state index in [2.05, 4.69) is 64.1 Å². The number of ketones is 1. The first-order valence-electron chi connectivity index (χ1n) is 10.5. The number of fused-ring (bicyclic) bond motifs is 1. The minimum absolute atomic E-state index is 0. The second-order valence-electron chi connectivity index (χ2n) is 8.22. The number of carbonyl (C=O) groups is 1. The molecule has 1 radical (unpaired) electrons. The number of furan rings is 1. The topological polar surface area (TPSA) is 63.3 Å². The standard InChI is InChI=1S/C23H20NO.C5H8O2.Ir/c1-14-7-15(2)10-18(9-14)20-5-6-22-21(24-20)13-23(25-22)19-11-16(3)8-17(4)12-19;1-4(6)3-5(2)7;/h5-9,11-13H,1-4H3;3,6H,1-2H3;/q-1;;/b;4-3-;. The van der Waals surface area contributed by atoms with Crippen LogP contribution < -0.4 is 0 Å². The van der Waals surface area contributed by atoms with Crippen LogP contribution >= 0.6 is 0 Å². The molecule has 0 aliphatic carbocycles.